The molecule has 0 fully saturated rings. The maximum atomic E-state index is 12.1. The summed E-state index contributed by atoms with van der Waals surface area (Å²) in [5.74, 6) is 0.124. The fourth-order valence-electron chi connectivity index (χ4n) is 2.84. The van der Waals surface area contributed by atoms with Gasteiger partial charge in [0, 0.05) is 17.8 Å². The number of Topliss-reactive ketones (excluding diaryl/α,β-unsaturated/α-hetero) is 1. The van der Waals surface area contributed by atoms with Crippen LogP contribution in [0.25, 0.3) is 0 Å². The van der Waals surface area contributed by atoms with E-state index in [0.29, 0.717) is 0 Å². The molecule has 3 rings (SSSR count). The number of benzene rings is 2. The normalized spacial score (nSPS) is 10.6. The van der Waals surface area contributed by atoms with E-state index in [0.717, 1.165) is 29.1 Å². The van der Waals surface area contributed by atoms with Crippen LogP contribution < -0.4 is 5.32 Å². The summed E-state index contributed by atoms with van der Waals surface area (Å²) in [6.45, 7) is 4.43. The fourth-order valence-corrected chi connectivity index (χ4v) is 4.12. The maximum absolute atomic E-state index is 12.1. The number of carbonyl (C=O) groups is 1. The van der Waals surface area contributed by atoms with Crippen molar-refractivity contribution in [3.63, 3.8) is 0 Å². The van der Waals surface area contributed by atoms with Crippen LogP contribution in [0.3, 0.4) is 0 Å². The van der Waals surface area contributed by atoms with E-state index in [1.165, 1.54) is 16.0 Å². The average Bonchev–Trinajstić information content (AvgIpc) is 2.91. The molecule has 0 unspecified atom stereocenters. The molecule has 1 heterocycles. The molecule has 0 aliphatic carbocycles. The van der Waals surface area contributed by atoms with E-state index in [4.69, 9.17) is 0 Å². The Hall–Kier alpha value is -2.39. The van der Waals surface area contributed by atoms with Gasteiger partial charge in [-0.3, -0.25) is 4.79 Å². The first-order chi connectivity index (χ1) is 11.6. The third kappa shape index (κ3) is 3.74. The van der Waals surface area contributed by atoms with Crippen LogP contribution in [0.5, 0.6) is 0 Å². The Balaban J connectivity index is 1.85. The molecule has 0 atom stereocenters. The van der Waals surface area contributed by atoms with Crippen LogP contribution >= 0.6 is 11.3 Å². The first-order valence-corrected chi connectivity index (χ1v) is 8.91. The number of ketones is 1. The Bertz CT molecular complexity index is 822. The highest BCUT2D eigenvalue weighted by Crippen LogP contribution is 2.35. The van der Waals surface area contributed by atoms with Gasteiger partial charge in [-0.25, -0.2) is 0 Å². The van der Waals surface area contributed by atoms with Crippen LogP contribution in [0.2, 0.25) is 0 Å². The van der Waals surface area contributed by atoms with Crippen LogP contribution in [0.1, 0.15) is 38.8 Å². The molecule has 2 aromatic carbocycles. The van der Waals surface area contributed by atoms with Crippen molar-refractivity contribution in [2.45, 2.75) is 26.8 Å². The fraction of sp³-hybridized carbons (Fsp3) is 0.190. The van der Waals surface area contributed by atoms with E-state index < -0.39 is 0 Å². The van der Waals surface area contributed by atoms with Gasteiger partial charge in [-0.2, -0.15) is 0 Å². The lowest BCUT2D eigenvalue weighted by Gasteiger charge is -2.06. The molecule has 0 aliphatic heterocycles. The van der Waals surface area contributed by atoms with Crippen LogP contribution in [0.4, 0.5) is 5.00 Å². The van der Waals surface area contributed by atoms with Crippen molar-refractivity contribution in [1.82, 2.24) is 0 Å². The molecule has 24 heavy (non-hydrogen) atoms. The lowest BCUT2D eigenvalue weighted by Crippen LogP contribution is -2.03. The summed E-state index contributed by atoms with van der Waals surface area (Å²) in [6, 6.07) is 20.6. The van der Waals surface area contributed by atoms with Crippen LogP contribution in [-0.4, -0.2) is 5.78 Å². The zero-order chi connectivity index (χ0) is 16.9. The Labute approximate surface area is 147 Å². The highest BCUT2D eigenvalue weighted by Gasteiger charge is 2.18. The van der Waals surface area contributed by atoms with Gasteiger partial charge in [0.2, 0.25) is 0 Å². The van der Waals surface area contributed by atoms with Gasteiger partial charge in [-0.05, 0) is 30.5 Å². The van der Waals surface area contributed by atoms with E-state index in [2.05, 4.69) is 48.6 Å². The predicted octanol–water partition coefficient (Wildman–Crippen LogP) is 5.46. The van der Waals surface area contributed by atoms with E-state index in [9.17, 15) is 4.79 Å². The summed E-state index contributed by atoms with van der Waals surface area (Å²) < 4.78 is 0. The highest BCUT2D eigenvalue weighted by atomic mass is 32.1. The number of nitrogens with one attached hydrogen (secondary N) is 1. The Morgan fingerprint density at radius 3 is 2.12 bits per heavy atom. The quantitative estimate of drug-likeness (QED) is 0.606. The van der Waals surface area contributed by atoms with Gasteiger partial charge >= 0.3 is 0 Å². The number of thiophene rings is 1. The average molecular weight is 335 g/mol. The van der Waals surface area contributed by atoms with Crippen molar-refractivity contribution in [3.05, 3.63) is 87.8 Å². The molecule has 0 amide bonds. The number of hydrogen-bond donors (Lipinski definition) is 1. The molecule has 1 aromatic heterocycles. The van der Waals surface area contributed by atoms with Crippen molar-refractivity contribution in [3.8, 4) is 0 Å². The van der Waals surface area contributed by atoms with Gasteiger partial charge in [0.05, 0.1) is 5.56 Å². The predicted molar refractivity (Wildman–Crippen MR) is 102 cm³/mol. The summed E-state index contributed by atoms with van der Waals surface area (Å²) in [5.41, 5.74) is 4.42. The van der Waals surface area contributed by atoms with Gasteiger partial charge < -0.3 is 5.32 Å². The molecule has 0 radical (unpaired) electrons. The van der Waals surface area contributed by atoms with E-state index in [1.54, 1.807) is 18.3 Å². The third-order valence-electron chi connectivity index (χ3n) is 4.10. The second-order valence-electron chi connectivity index (χ2n) is 5.91. The Morgan fingerprint density at radius 1 is 0.958 bits per heavy atom. The van der Waals surface area contributed by atoms with Crippen LogP contribution in [0.15, 0.2) is 60.7 Å². The standard InChI is InChI=1S/C21H21NOS/c1-15-19(13-17-9-5-3-6-10-17)24-21(20(15)16(2)23)22-14-18-11-7-4-8-12-18/h3-12,22H,13-14H2,1-2H3. The topological polar surface area (TPSA) is 29.1 Å². The zero-order valence-corrected chi connectivity index (χ0v) is 14.8. The molecule has 122 valence electrons. The summed E-state index contributed by atoms with van der Waals surface area (Å²) in [5, 5.41) is 4.44. The molecule has 0 aliphatic rings. The minimum Gasteiger partial charge on any atom is -0.372 e. The van der Waals surface area contributed by atoms with E-state index in [1.807, 2.05) is 24.3 Å². The van der Waals surface area contributed by atoms with E-state index in [-0.39, 0.29) is 5.78 Å². The smallest absolute Gasteiger partial charge is 0.163 e. The van der Waals surface area contributed by atoms with Gasteiger partial charge in [0.25, 0.3) is 0 Å². The zero-order valence-electron chi connectivity index (χ0n) is 14.0. The molecule has 3 aromatic rings. The molecule has 0 spiro atoms. The van der Waals surface area contributed by atoms with Crippen molar-refractivity contribution >= 4 is 22.1 Å². The molecule has 3 heteroatoms. The van der Waals surface area contributed by atoms with Crippen molar-refractivity contribution in [2.75, 3.05) is 5.32 Å². The number of hydrogen-bond acceptors (Lipinski definition) is 3. The summed E-state index contributed by atoms with van der Waals surface area (Å²) >= 11 is 1.70. The molecular formula is C21H21NOS. The second kappa shape index (κ2) is 7.45. The number of rotatable bonds is 6. The Kier molecular flexibility index (Phi) is 5.11. The first-order valence-electron chi connectivity index (χ1n) is 8.10. The van der Waals surface area contributed by atoms with Crippen LogP contribution in [0, 0.1) is 6.92 Å². The highest BCUT2D eigenvalue weighted by molar-refractivity contribution is 7.16. The SMILES string of the molecule is CC(=O)c1c(NCc2ccccc2)sc(Cc2ccccc2)c1C. The third-order valence-corrected chi connectivity index (χ3v) is 5.35. The number of carbonyl (C=O) groups excluding carboxylic acids is 1. The lowest BCUT2D eigenvalue weighted by atomic mass is 10.0. The summed E-state index contributed by atoms with van der Waals surface area (Å²) in [7, 11) is 0. The first kappa shape index (κ1) is 16.5. The van der Waals surface area contributed by atoms with Crippen molar-refractivity contribution in [2.24, 2.45) is 0 Å². The van der Waals surface area contributed by atoms with E-state index >= 15 is 0 Å². The molecule has 0 saturated heterocycles. The van der Waals surface area contributed by atoms with Crippen LogP contribution in [-0.2, 0) is 13.0 Å². The van der Waals surface area contributed by atoms with Gasteiger partial charge in [0.15, 0.2) is 5.78 Å². The minimum absolute atomic E-state index is 0.124. The molecule has 1 N–H and O–H groups in total. The molecule has 2 nitrogen and oxygen atoms in total. The number of anilines is 1. The van der Waals surface area contributed by atoms with Crippen molar-refractivity contribution < 1.29 is 4.79 Å². The molecule has 0 saturated carbocycles. The lowest BCUT2D eigenvalue weighted by molar-refractivity contribution is 0.101. The van der Waals surface area contributed by atoms with Gasteiger partial charge in [-0.15, -0.1) is 11.3 Å². The summed E-state index contributed by atoms with van der Waals surface area (Å²) in [4.78, 5) is 13.4. The Morgan fingerprint density at radius 2 is 1.54 bits per heavy atom. The van der Waals surface area contributed by atoms with Gasteiger partial charge in [0.1, 0.15) is 5.00 Å². The maximum Gasteiger partial charge on any atom is 0.163 e. The van der Waals surface area contributed by atoms with Crippen molar-refractivity contribution in [1.29, 1.82) is 0 Å². The molecule has 0 bridgehead atoms. The minimum atomic E-state index is 0.124. The monoisotopic (exact) mass is 335 g/mol. The van der Waals surface area contributed by atoms with Gasteiger partial charge in [-0.1, -0.05) is 60.7 Å². The second-order valence-corrected chi connectivity index (χ2v) is 7.02. The largest absolute Gasteiger partial charge is 0.372 e. The summed E-state index contributed by atoms with van der Waals surface area (Å²) in [6.07, 6.45) is 0.866. The molecular weight excluding hydrogens is 314 g/mol.